The Balaban J connectivity index is 2.74. The predicted molar refractivity (Wildman–Crippen MR) is 58.4 cm³/mol. The summed E-state index contributed by atoms with van der Waals surface area (Å²) in [5.74, 6) is 0. The van der Waals surface area contributed by atoms with Gasteiger partial charge in [-0.25, -0.2) is 0 Å². The largest absolute Gasteiger partial charge is 0.435 e. The monoisotopic (exact) mass is 295 g/mol. The van der Waals surface area contributed by atoms with Gasteiger partial charge in [0, 0.05) is 11.3 Å². The molecule has 0 bridgehead atoms. The highest BCUT2D eigenvalue weighted by Gasteiger charge is 2.44. The summed E-state index contributed by atoms with van der Waals surface area (Å²) in [6, 6.07) is 4.74. The summed E-state index contributed by atoms with van der Waals surface area (Å²) in [6.45, 7) is 0. The molecule has 0 aliphatic rings. The highest BCUT2D eigenvalue weighted by Crippen LogP contribution is 2.43. The maximum Gasteiger partial charge on any atom is 0.435 e. The Kier molecular flexibility index (Phi) is 3.15. The number of aromatic amines is 1. The van der Waals surface area contributed by atoms with Crippen LogP contribution in [0.4, 0.5) is 32.0 Å². The van der Waals surface area contributed by atoms with Crippen molar-refractivity contribution in [1.82, 2.24) is 10.2 Å². The molecule has 108 valence electrons. The number of H-pyrrole nitrogens is 1. The Morgan fingerprint density at radius 1 is 1.00 bits per heavy atom. The van der Waals surface area contributed by atoms with Gasteiger partial charge in [0.15, 0.2) is 5.69 Å². The van der Waals surface area contributed by atoms with Crippen LogP contribution in [0.25, 0.3) is 11.1 Å². The zero-order chi connectivity index (χ0) is 15.1. The summed E-state index contributed by atoms with van der Waals surface area (Å²) in [5, 5.41) is 4.15. The first-order valence-electron chi connectivity index (χ1n) is 5.19. The molecule has 0 radical (unpaired) electrons. The number of aromatic nitrogens is 2. The van der Waals surface area contributed by atoms with Crippen LogP contribution < -0.4 is 5.73 Å². The Morgan fingerprint density at radius 3 is 2.15 bits per heavy atom. The number of alkyl halides is 6. The van der Waals surface area contributed by atoms with Crippen LogP contribution in [0.1, 0.15) is 11.4 Å². The number of rotatable bonds is 1. The summed E-state index contributed by atoms with van der Waals surface area (Å²) in [6.07, 6.45) is -10.0. The summed E-state index contributed by atoms with van der Waals surface area (Å²) in [5.41, 5.74) is 0.882. The normalized spacial score (nSPS) is 12.7. The van der Waals surface area contributed by atoms with E-state index in [2.05, 4.69) is 5.10 Å². The number of benzene rings is 1. The van der Waals surface area contributed by atoms with Gasteiger partial charge in [0.25, 0.3) is 0 Å². The van der Waals surface area contributed by atoms with Crippen LogP contribution in [-0.4, -0.2) is 10.2 Å². The van der Waals surface area contributed by atoms with Crippen molar-refractivity contribution in [1.29, 1.82) is 0 Å². The SMILES string of the molecule is Nc1cccc(-c2c(C(F)(F)F)n[nH]c2C(F)(F)F)c1. The van der Waals surface area contributed by atoms with Crippen LogP contribution in [0.5, 0.6) is 0 Å². The molecule has 3 nitrogen and oxygen atoms in total. The standard InChI is InChI=1S/C11H7F6N3/c12-10(13,14)8-7(5-2-1-3-6(18)4-5)9(20-19-8)11(15,16)17/h1-4H,18H2,(H,19,20). The van der Waals surface area contributed by atoms with Gasteiger partial charge in [0.2, 0.25) is 0 Å². The quantitative estimate of drug-likeness (QED) is 0.622. The summed E-state index contributed by atoms with van der Waals surface area (Å²) in [7, 11) is 0. The van der Waals surface area contributed by atoms with Gasteiger partial charge in [-0.3, -0.25) is 5.10 Å². The fourth-order valence-electron chi connectivity index (χ4n) is 1.73. The summed E-state index contributed by atoms with van der Waals surface area (Å²) >= 11 is 0. The van der Waals surface area contributed by atoms with E-state index in [0.29, 0.717) is 0 Å². The fourth-order valence-corrected chi connectivity index (χ4v) is 1.73. The lowest BCUT2D eigenvalue weighted by Crippen LogP contribution is -2.10. The molecule has 0 atom stereocenters. The van der Waals surface area contributed by atoms with E-state index in [4.69, 9.17) is 5.73 Å². The minimum atomic E-state index is -5.01. The van der Waals surface area contributed by atoms with Crippen molar-refractivity contribution in [3.63, 3.8) is 0 Å². The van der Waals surface area contributed by atoms with E-state index in [1.54, 1.807) is 0 Å². The number of nitrogen functional groups attached to an aromatic ring is 1. The van der Waals surface area contributed by atoms with E-state index in [9.17, 15) is 26.3 Å². The van der Waals surface area contributed by atoms with Crippen molar-refractivity contribution in [2.24, 2.45) is 0 Å². The van der Waals surface area contributed by atoms with Crippen LogP contribution in [0, 0.1) is 0 Å². The van der Waals surface area contributed by atoms with Gasteiger partial charge in [0.05, 0.1) is 0 Å². The first-order chi connectivity index (χ1) is 9.10. The molecule has 0 amide bonds. The van der Waals surface area contributed by atoms with Gasteiger partial charge in [-0.15, -0.1) is 0 Å². The lowest BCUT2D eigenvalue weighted by molar-refractivity contribution is -0.141. The van der Waals surface area contributed by atoms with Crippen molar-refractivity contribution >= 4 is 5.69 Å². The van der Waals surface area contributed by atoms with E-state index < -0.39 is 29.3 Å². The average Bonchev–Trinajstić information content (AvgIpc) is 2.72. The van der Waals surface area contributed by atoms with Crippen LogP contribution in [-0.2, 0) is 12.4 Å². The molecule has 0 spiro atoms. The van der Waals surface area contributed by atoms with Gasteiger partial charge in [-0.2, -0.15) is 31.4 Å². The topological polar surface area (TPSA) is 54.7 Å². The van der Waals surface area contributed by atoms with Crippen molar-refractivity contribution in [2.75, 3.05) is 5.73 Å². The number of nitrogens with one attached hydrogen (secondary N) is 1. The van der Waals surface area contributed by atoms with Crippen LogP contribution >= 0.6 is 0 Å². The zero-order valence-electron chi connectivity index (χ0n) is 9.60. The van der Waals surface area contributed by atoms with Gasteiger partial charge in [-0.05, 0) is 17.7 Å². The van der Waals surface area contributed by atoms with Crippen LogP contribution in [0.2, 0.25) is 0 Å². The summed E-state index contributed by atoms with van der Waals surface area (Å²) < 4.78 is 76.6. The lowest BCUT2D eigenvalue weighted by Gasteiger charge is -2.11. The third kappa shape index (κ3) is 2.56. The first kappa shape index (κ1) is 14.2. The third-order valence-electron chi connectivity index (χ3n) is 2.49. The number of hydrogen-bond donors (Lipinski definition) is 2. The molecule has 2 aromatic rings. The van der Waals surface area contributed by atoms with E-state index in [-0.39, 0.29) is 11.3 Å². The van der Waals surface area contributed by atoms with E-state index >= 15 is 0 Å². The first-order valence-corrected chi connectivity index (χ1v) is 5.19. The lowest BCUT2D eigenvalue weighted by atomic mass is 10.0. The van der Waals surface area contributed by atoms with E-state index in [1.807, 2.05) is 0 Å². The molecule has 1 aromatic heterocycles. The van der Waals surface area contributed by atoms with Crippen molar-refractivity contribution < 1.29 is 26.3 Å². The molecule has 2 rings (SSSR count). The second kappa shape index (κ2) is 4.43. The van der Waals surface area contributed by atoms with Crippen molar-refractivity contribution in [3.8, 4) is 11.1 Å². The van der Waals surface area contributed by atoms with Gasteiger partial charge >= 0.3 is 12.4 Å². The average molecular weight is 295 g/mol. The third-order valence-corrected chi connectivity index (χ3v) is 2.49. The number of nitrogens with zero attached hydrogens (tertiary/aromatic N) is 1. The molecule has 0 unspecified atom stereocenters. The van der Waals surface area contributed by atoms with Gasteiger partial charge in [0.1, 0.15) is 5.69 Å². The minimum absolute atomic E-state index is 0.0462. The molecule has 0 saturated heterocycles. The Bertz CT molecular complexity index is 594. The van der Waals surface area contributed by atoms with E-state index in [1.165, 1.54) is 17.2 Å². The molecule has 1 heterocycles. The highest BCUT2D eigenvalue weighted by atomic mass is 19.4. The van der Waals surface area contributed by atoms with E-state index in [0.717, 1.165) is 12.1 Å². The molecule has 1 aromatic carbocycles. The minimum Gasteiger partial charge on any atom is -0.399 e. The Labute approximate surface area is 108 Å². The van der Waals surface area contributed by atoms with Crippen molar-refractivity contribution in [2.45, 2.75) is 12.4 Å². The van der Waals surface area contributed by atoms with Crippen LogP contribution in [0.3, 0.4) is 0 Å². The number of anilines is 1. The molecule has 0 saturated carbocycles. The van der Waals surface area contributed by atoms with Gasteiger partial charge in [-0.1, -0.05) is 12.1 Å². The second-order valence-corrected chi connectivity index (χ2v) is 3.94. The molecule has 0 fully saturated rings. The Hall–Kier alpha value is -2.19. The maximum atomic E-state index is 12.8. The molecule has 0 aliphatic heterocycles. The molecular weight excluding hydrogens is 288 g/mol. The van der Waals surface area contributed by atoms with Gasteiger partial charge < -0.3 is 5.73 Å². The van der Waals surface area contributed by atoms with Crippen LogP contribution in [0.15, 0.2) is 24.3 Å². The molecule has 3 N–H and O–H groups in total. The second-order valence-electron chi connectivity index (χ2n) is 3.94. The zero-order valence-corrected chi connectivity index (χ0v) is 9.60. The molecule has 9 heteroatoms. The Morgan fingerprint density at radius 2 is 1.65 bits per heavy atom. The number of nitrogens with two attached hydrogens (primary N) is 1. The predicted octanol–water partition coefficient (Wildman–Crippen LogP) is 3.70. The number of hydrogen-bond acceptors (Lipinski definition) is 2. The number of halogens is 6. The molecule has 0 aliphatic carbocycles. The van der Waals surface area contributed by atoms with Crippen molar-refractivity contribution in [3.05, 3.63) is 35.7 Å². The molecule has 20 heavy (non-hydrogen) atoms. The smallest absolute Gasteiger partial charge is 0.399 e. The summed E-state index contributed by atoms with van der Waals surface area (Å²) in [4.78, 5) is 0. The maximum absolute atomic E-state index is 12.8. The fraction of sp³-hybridized carbons (Fsp3) is 0.182. The molecular formula is C11H7F6N3. The highest BCUT2D eigenvalue weighted by molar-refractivity contribution is 5.72.